The van der Waals surface area contributed by atoms with Gasteiger partial charge in [-0.2, -0.15) is 0 Å². The molecule has 0 radical (unpaired) electrons. The minimum absolute atomic E-state index is 0.348. The van der Waals surface area contributed by atoms with E-state index < -0.39 is 0 Å². The predicted octanol–water partition coefficient (Wildman–Crippen LogP) is 3.14. The summed E-state index contributed by atoms with van der Waals surface area (Å²) >= 11 is 0. The van der Waals surface area contributed by atoms with Crippen LogP contribution in [0.5, 0.6) is 0 Å². The molecule has 1 N–H and O–H groups in total. The average molecular weight is 213 g/mol. The highest BCUT2D eigenvalue weighted by molar-refractivity contribution is 4.77. The van der Waals surface area contributed by atoms with Gasteiger partial charge in [-0.15, -0.1) is 6.58 Å². The third-order valence-electron chi connectivity index (χ3n) is 2.73. The van der Waals surface area contributed by atoms with Crippen molar-refractivity contribution >= 4 is 0 Å². The molecule has 0 aliphatic heterocycles. The molecule has 0 spiro atoms. The second-order valence-corrected chi connectivity index (χ2v) is 3.96. The minimum Gasteiger partial charge on any atom is -0.380 e. The third-order valence-corrected chi connectivity index (χ3v) is 2.73. The number of hydrogen-bond acceptors (Lipinski definition) is 2. The van der Waals surface area contributed by atoms with Crippen molar-refractivity contribution in [3.05, 3.63) is 12.7 Å². The summed E-state index contributed by atoms with van der Waals surface area (Å²) in [6.45, 7) is 9.21. The zero-order chi connectivity index (χ0) is 11.5. The van der Waals surface area contributed by atoms with Crippen molar-refractivity contribution in [1.29, 1.82) is 0 Å². The van der Waals surface area contributed by atoms with Crippen molar-refractivity contribution in [3.63, 3.8) is 0 Å². The lowest BCUT2D eigenvalue weighted by atomic mass is 10.0. The third kappa shape index (κ3) is 6.69. The molecule has 0 bridgehead atoms. The normalized spacial score (nSPS) is 14.9. The standard InChI is InChI=1S/C13H27NO/c1-5-8-9-10-12(14-11-6-2)13(7-3)15-4/h5,12-14H,1,6-11H2,2-4H3. The Morgan fingerprint density at radius 1 is 1.40 bits per heavy atom. The number of methoxy groups -OCH3 is 1. The van der Waals surface area contributed by atoms with Gasteiger partial charge in [0.1, 0.15) is 0 Å². The van der Waals surface area contributed by atoms with Crippen LogP contribution >= 0.6 is 0 Å². The molecule has 2 heteroatoms. The smallest absolute Gasteiger partial charge is 0.0721 e. The molecule has 0 aromatic heterocycles. The van der Waals surface area contributed by atoms with Gasteiger partial charge in [0.2, 0.25) is 0 Å². The topological polar surface area (TPSA) is 21.3 Å². The summed E-state index contributed by atoms with van der Waals surface area (Å²) in [5.41, 5.74) is 0. The first-order chi connectivity index (χ1) is 7.29. The lowest BCUT2D eigenvalue weighted by Gasteiger charge is -2.26. The fourth-order valence-corrected chi connectivity index (χ4v) is 1.85. The molecule has 0 saturated carbocycles. The van der Waals surface area contributed by atoms with Gasteiger partial charge in [-0.3, -0.25) is 0 Å². The molecular weight excluding hydrogens is 186 g/mol. The number of ether oxygens (including phenoxy) is 1. The van der Waals surface area contributed by atoms with E-state index in [1.165, 1.54) is 19.3 Å². The molecule has 0 fully saturated rings. The maximum Gasteiger partial charge on any atom is 0.0721 e. The van der Waals surface area contributed by atoms with E-state index in [0.717, 1.165) is 19.4 Å². The van der Waals surface area contributed by atoms with E-state index in [9.17, 15) is 0 Å². The largest absolute Gasteiger partial charge is 0.380 e. The molecule has 0 aromatic carbocycles. The average Bonchev–Trinajstić information content (AvgIpc) is 2.26. The van der Waals surface area contributed by atoms with E-state index in [2.05, 4.69) is 25.7 Å². The summed E-state index contributed by atoms with van der Waals surface area (Å²) in [6.07, 6.45) is 8.07. The number of nitrogens with one attached hydrogen (secondary N) is 1. The molecule has 0 heterocycles. The van der Waals surface area contributed by atoms with Gasteiger partial charge in [-0.25, -0.2) is 0 Å². The van der Waals surface area contributed by atoms with Crippen molar-refractivity contribution in [2.24, 2.45) is 0 Å². The van der Waals surface area contributed by atoms with Crippen molar-refractivity contribution in [3.8, 4) is 0 Å². The maximum atomic E-state index is 5.50. The quantitative estimate of drug-likeness (QED) is 0.444. The zero-order valence-electron chi connectivity index (χ0n) is 10.6. The van der Waals surface area contributed by atoms with Gasteiger partial charge < -0.3 is 10.1 Å². The van der Waals surface area contributed by atoms with Crippen LogP contribution in [0.1, 0.15) is 46.0 Å². The lowest BCUT2D eigenvalue weighted by molar-refractivity contribution is 0.0619. The van der Waals surface area contributed by atoms with Crippen molar-refractivity contribution < 1.29 is 4.74 Å². The molecule has 0 saturated heterocycles. The molecule has 0 aliphatic carbocycles. The van der Waals surface area contributed by atoms with Crippen LogP contribution in [0.25, 0.3) is 0 Å². The van der Waals surface area contributed by atoms with Gasteiger partial charge in [0.25, 0.3) is 0 Å². The Morgan fingerprint density at radius 2 is 2.13 bits per heavy atom. The summed E-state index contributed by atoms with van der Waals surface area (Å²) in [4.78, 5) is 0. The Bertz CT molecular complexity index is 143. The Kier molecular flexibility index (Phi) is 9.96. The summed E-state index contributed by atoms with van der Waals surface area (Å²) in [7, 11) is 1.81. The Morgan fingerprint density at radius 3 is 2.60 bits per heavy atom. The SMILES string of the molecule is C=CCCCC(NCCC)C(CC)OC. The number of unbranched alkanes of at least 4 members (excludes halogenated alkanes) is 1. The van der Waals surface area contributed by atoms with Gasteiger partial charge in [-0.1, -0.05) is 19.9 Å². The van der Waals surface area contributed by atoms with Crippen LogP contribution < -0.4 is 5.32 Å². The number of allylic oxidation sites excluding steroid dienone is 1. The lowest BCUT2D eigenvalue weighted by Crippen LogP contribution is -2.41. The van der Waals surface area contributed by atoms with Gasteiger partial charge in [-0.05, 0) is 38.6 Å². The molecule has 0 amide bonds. The molecule has 2 atom stereocenters. The minimum atomic E-state index is 0.348. The Hall–Kier alpha value is -0.340. The van der Waals surface area contributed by atoms with Gasteiger partial charge in [0, 0.05) is 13.2 Å². The fraction of sp³-hybridized carbons (Fsp3) is 0.846. The summed E-state index contributed by atoms with van der Waals surface area (Å²) in [5.74, 6) is 0. The van der Waals surface area contributed by atoms with E-state index in [4.69, 9.17) is 4.74 Å². The van der Waals surface area contributed by atoms with Crippen LogP contribution in [-0.2, 0) is 4.74 Å². The highest BCUT2D eigenvalue weighted by Crippen LogP contribution is 2.11. The predicted molar refractivity (Wildman–Crippen MR) is 67.2 cm³/mol. The van der Waals surface area contributed by atoms with Crippen LogP contribution in [0.4, 0.5) is 0 Å². The first kappa shape index (κ1) is 14.7. The van der Waals surface area contributed by atoms with Crippen LogP contribution in [0.2, 0.25) is 0 Å². The van der Waals surface area contributed by atoms with Gasteiger partial charge >= 0.3 is 0 Å². The van der Waals surface area contributed by atoms with E-state index in [0.29, 0.717) is 12.1 Å². The molecule has 0 rings (SSSR count). The van der Waals surface area contributed by atoms with E-state index in [1.54, 1.807) is 0 Å². The molecule has 2 unspecified atom stereocenters. The highest BCUT2D eigenvalue weighted by atomic mass is 16.5. The Labute approximate surface area is 95.1 Å². The molecule has 2 nitrogen and oxygen atoms in total. The second kappa shape index (κ2) is 10.2. The number of hydrogen-bond donors (Lipinski definition) is 1. The molecule has 0 aromatic rings. The van der Waals surface area contributed by atoms with Crippen LogP contribution in [-0.4, -0.2) is 25.8 Å². The summed E-state index contributed by atoms with van der Waals surface area (Å²) in [5, 5.41) is 3.57. The van der Waals surface area contributed by atoms with Crippen molar-refractivity contribution in [1.82, 2.24) is 5.32 Å². The monoisotopic (exact) mass is 213 g/mol. The molecule has 15 heavy (non-hydrogen) atoms. The van der Waals surface area contributed by atoms with Crippen molar-refractivity contribution in [2.75, 3.05) is 13.7 Å². The second-order valence-electron chi connectivity index (χ2n) is 3.96. The molecule has 90 valence electrons. The van der Waals surface area contributed by atoms with Crippen molar-refractivity contribution in [2.45, 2.75) is 58.1 Å². The summed E-state index contributed by atoms with van der Waals surface area (Å²) < 4.78 is 5.50. The van der Waals surface area contributed by atoms with Crippen LogP contribution in [0.3, 0.4) is 0 Å². The van der Waals surface area contributed by atoms with E-state index in [1.807, 2.05) is 13.2 Å². The van der Waals surface area contributed by atoms with E-state index >= 15 is 0 Å². The zero-order valence-corrected chi connectivity index (χ0v) is 10.6. The van der Waals surface area contributed by atoms with Crippen LogP contribution in [0.15, 0.2) is 12.7 Å². The molecular formula is C13H27NO. The van der Waals surface area contributed by atoms with Gasteiger partial charge in [0.15, 0.2) is 0 Å². The van der Waals surface area contributed by atoms with E-state index in [-0.39, 0.29) is 0 Å². The highest BCUT2D eigenvalue weighted by Gasteiger charge is 2.17. The first-order valence-corrected chi connectivity index (χ1v) is 6.17. The van der Waals surface area contributed by atoms with Crippen LogP contribution in [0, 0.1) is 0 Å². The van der Waals surface area contributed by atoms with Gasteiger partial charge in [0.05, 0.1) is 6.10 Å². The molecule has 0 aliphatic rings. The number of rotatable bonds is 10. The summed E-state index contributed by atoms with van der Waals surface area (Å²) in [6, 6.07) is 0.500. The maximum absolute atomic E-state index is 5.50. The fourth-order valence-electron chi connectivity index (χ4n) is 1.85. The Balaban J connectivity index is 3.96. The first-order valence-electron chi connectivity index (χ1n) is 6.17.